The van der Waals surface area contributed by atoms with Crippen LogP contribution in [0.3, 0.4) is 0 Å². The molecule has 0 fully saturated rings. The summed E-state index contributed by atoms with van der Waals surface area (Å²) in [5, 5.41) is 20.7. The maximum atomic E-state index is 11.9. The van der Waals surface area contributed by atoms with Gasteiger partial charge in [0.05, 0.1) is 0 Å². The zero-order chi connectivity index (χ0) is 19.1. The Balaban J connectivity index is 2.13. The molecule has 1 heterocycles. The van der Waals surface area contributed by atoms with E-state index in [1.54, 1.807) is 0 Å². The summed E-state index contributed by atoms with van der Waals surface area (Å²) in [6, 6.07) is 1.87. The maximum Gasteiger partial charge on any atom is 0.339 e. The topological polar surface area (TPSA) is 66.8 Å². The first-order valence-corrected chi connectivity index (χ1v) is 9.73. The number of rotatable bonds is 5. The van der Waals surface area contributed by atoms with Crippen molar-refractivity contribution < 1.29 is 19.7 Å². The van der Waals surface area contributed by atoms with Crippen molar-refractivity contribution in [1.29, 1.82) is 0 Å². The third-order valence-corrected chi connectivity index (χ3v) is 6.03. The molecule has 0 aromatic heterocycles. The number of unbranched alkanes of at least 4 members (excludes halogenated alkanes) is 2. The van der Waals surface area contributed by atoms with Crippen LogP contribution in [0.4, 0.5) is 0 Å². The Kier molecular flexibility index (Phi) is 5.05. The Labute approximate surface area is 155 Å². The largest absolute Gasteiger partial charge is 0.507 e. The average molecular weight is 358 g/mol. The Hall–Kier alpha value is -1.97. The molecule has 1 aromatic carbocycles. The van der Waals surface area contributed by atoms with E-state index in [4.69, 9.17) is 4.74 Å². The minimum absolute atomic E-state index is 0.0640. The first kappa shape index (κ1) is 18.8. The third-order valence-electron chi connectivity index (χ3n) is 6.03. The number of hydrogen-bond acceptors (Lipinski definition) is 3. The molecule has 1 aliphatic heterocycles. The molecule has 1 aromatic rings. The second-order valence-electron chi connectivity index (χ2n) is 8.34. The number of allylic oxidation sites excluding steroid dienone is 2. The minimum Gasteiger partial charge on any atom is -0.507 e. The number of hydrogen-bond donors (Lipinski definition) is 2. The van der Waals surface area contributed by atoms with Crippen molar-refractivity contribution in [2.45, 2.75) is 77.7 Å². The molecule has 26 heavy (non-hydrogen) atoms. The molecule has 0 saturated carbocycles. The third kappa shape index (κ3) is 3.22. The summed E-state index contributed by atoms with van der Waals surface area (Å²) in [6.07, 6.45) is 7.64. The number of aromatic carboxylic acids is 1. The van der Waals surface area contributed by atoms with Gasteiger partial charge >= 0.3 is 5.97 Å². The highest BCUT2D eigenvalue weighted by atomic mass is 16.5. The van der Waals surface area contributed by atoms with Gasteiger partial charge in [0.2, 0.25) is 0 Å². The molecule has 0 spiro atoms. The molecule has 2 atom stereocenters. The molecule has 2 aliphatic rings. The van der Waals surface area contributed by atoms with Crippen LogP contribution in [-0.4, -0.2) is 21.8 Å². The number of carbonyl (C=O) groups is 1. The second kappa shape index (κ2) is 6.98. The van der Waals surface area contributed by atoms with E-state index in [-0.39, 0.29) is 28.7 Å². The number of carboxylic acid groups (broad SMARTS) is 1. The van der Waals surface area contributed by atoms with Crippen LogP contribution < -0.4 is 4.74 Å². The number of carboxylic acids is 1. The van der Waals surface area contributed by atoms with E-state index in [9.17, 15) is 15.0 Å². The maximum absolute atomic E-state index is 11.9. The fourth-order valence-corrected chi connectivity index (χ4v) is 4.65. The lowest BCUT2D eigenvalue weighted by atomic mass is 9.66. The summed E-state index contributed by atoms with van der Waals surface area (Å²) in [7, 11) is 0. The van der Waals surface area contributed by atoms with Crippen LogP contribution in [0, 0.1) is 5.92 Å². The van der Waals surface area contributed by atoms with Crippen molar-refractivity contribution in [2.24, 2.45) is 5.92 Å². The average Bonchev–Trinajstić information content (AvgIpc) is 2.53. The van der Waals surface area contributed by atoms with Crippen LogP contribution in [0.2, 0.25) is 0 Å². The van der Waals surface area contributed by atoms with E-state index in [1.165, 1.54) is 5.57 Å². The molecule has 2 N–H and O–H groups in total. The fraction of sp³-hybridized carbons (Fsp3) is 0.591. The van der Waals surface area contributed by atoms with Crippen LogP contribution in [-0.2, 0) is 6.42 Å². The Morgan fingerprint density at radius 3 is 2.73 bits per heavy atom. The minimum atomic E-state index is -1.05. The number of benzene rings is 1. The monoisotopic (exact) mass is 358 g/mol. The zero-order valence-corrected chi connectivity index (χ0v) is 16.3. The van der Waals surface area contributed by atoms with E-state index in [0.29, 0.717) is 23.3 Å². The SMILES string of the molecule is CCCCCc1cc2c(c(O)c1C(=O)O)[C@@H]1CC(C)=CC[C@H]1C(C)(C)O2. The zero-order valence-electron chi connectivity index (χ0n) is 16.3. The Morgan fingerprint density at radius 2 is 2.08 bits per heavy atom. The van der Waals surface area contributed by atoms with Crippen molar-refractivity contribution in [3.8, 4) is 11.5 Å². The van der Waals surface area contributed by atoms with Gasteiger partial charge < -0.3 is 14.9 Å². The van der Waals surface area contributed by atoms with Gasteiger partial charge in [0.25, 0.3) is 0 Å². The van der Waals surface area contributed by atoms with Gasteiger partial charge in [-0.15, -0.1) is 0 Å². The Bertz CT molecular complexity index is 745. The first-order chi connectivity index (χ1) is 12.3. The number of fused-ring (bicyclic) bond motifs is 3. The molecule has 3 rings (SSSR count). The van der Waals surface area contributed by atoms with E-state index in [0.717, 1.165) is 32.1 Å². The smallest absolute Gasteiger partial charge is 0.339 e. The lowest BCUT2D eigenvalue weighted by Crippen LogP contribution is -2.45. The van der Waals surface area contributed by atoms with Crippen LogP contribution in [0.15, 0.2) is 17.7 Å². The fourth-order valence-electron chi connectivity index (χ4n) is 4.65. The summed E-state index contributed by atoms with van der Waals surface area (Å²) < 4.78 is 6.30. The van der Waals surface area contributed by atoms with Gasteiger partial charge in [-0.2, -0.15) is 0 Å². The van der Waals surface area contributed by atoms with Crippen molar-refractivity contribution in [2.75, 3.05) is 0 Å². The summed E-state index contributed by atoms with van der Waals surface area (Å²) in [4.78, 5) is 11.9. The highest BCUT2D eigenvalue weighted by Crippen LogP contribution is 2.55. The molecule has 0 unspecified atom stereocenters. The lowest BCUT2D eigenvalue weighted by Gasteiger charge is -2.47. The predicted octanol–water partition coefficient (Wildman–Crippen LogP) is 5.43. The number of ether oxygens (including phenoxy) is 1. The van der Waals surface area contributed by atoms with Crippen molar-refractivity contribution in [1.82, 2.24) is 0 Å². The molecular formula is C22H30O4. The van der Waals surface area contributed by atoms with Gasteiger partial charge in [-0.25, -0.2) is 4.79 Å². The summed E-state index contributed by atoms with van der Waals surface area (Å²) in [5.41, 5.74) is 2.39. The molecule has 0 radical (unpaired) electrons. The van der Waals surface area contributed by atoms with Crippen LogP contribution in [0.5, 0.6) is 11.5 Å². The van der Waals surface area contributed by atoms with Crippen molar-refractivity contribution in [3.63, 3.8) is 0 Å². The van der Waals surface area contributed by atoms with Gasteiger partial charge in [0.1, 0.15) is 22.7 Å². The molecule has 4 nitrogen and oxygen atoms in total. The highest BCUT2D eigenvalue weighted by Gasteiger charge is 2.46. The van der Waals surface area contributed by atoms with Crippen molar-refractivity contribution in [3.05, 3.63) is 34.4 Å². The van der Waals surface area contributed by atoms with Gasteiger partial charge in [-0.05, 0) is 58.1 Å². The molecule has 0 saturated heterocycles. The van der Waals surface area contributed by atoms with Crippen LogP contribution in [0.25, 0.3) is 0 Å². The summed E-state index contributed by atoms with van der Waals surface area (Å²) in [5.74, 6) is -0.137. The first-order valence-electron chi connectivity index (χ1n) is 9.73. The molecule has 1 aliphatic carbocycles. The van der Waals surface area contributed by atoms with Crippen LogP contribution in [0.1, 0.15) is 87.2 Å². The number of aryl methyl sites for hydroxylation is 1. The molecular weight excluding hydrogens is 328 g/mol. The second-order valence-corrected chi connectivity index (χ2v) is 8.34. The van der Waals surface area contributed by atoms with Gasteiger partial charge in [-0.1, -0.05) is 31.4 Å². The van der Waals surface area contributed by atoms with Gasteiger partial charge in [0, 0.05) is 17.4 Å². The highest BCUT2D eigenvalue weighted by molar-refractivity contribution is 5.94. The summed E-state index contributed by atoms with van der Waals surface area (Å²) >= 11 is 0. The van der Waals surface area contributed by atoms with E-state index in [2.05, 4.69) is 33.8 Å². The molecule has 0 amide bonds. The number of aromatic hydroxyl groups is 1. The number of phenols is 1. The standard InChI is InChI=1S/C22H30O4/c1-5-6-7-8-14-12-17-19(20(23)18(14)21(24)25)15-11-13(2)9-10-16(15)22(3,4)26-17/h9,12,15-16,23H,5-8,10-11H2,1-4H3,(H,24,25)/t15-,16-/m1/s1. The van der Waals surface area contributed by atoms with E-state index >= 15 is 0 Å². The molecule has 4 heteroatoms. The van der Waals surface area contributed by atoms with Gasteiger partial charge in [0.15, 0.2) is 0 Å². The lowest BCUT2D eigenvalue weighted by molar-refractivity contribution is 0.00743. The predicted molar refractivity (Wildman–Crippen MR) is 102 cm³/mol. The quantitative estimate of drug-likeness (QED) is 0.544. The van der Waals surface area contributed by atoms with Crippen molar-refractivity contribution >= 4 is 5.97 Å². The summed E-state index contributed by atoms with van der Waals surface area (Å²) in [6.45, 7) is 8.42. The molecule has 142 valence electrons. The van der Waals surface area contributed by atoms with E-state index in [1.807, 2.05) is 6.07 Å². The molecule has 0 bridgehead atoms. The normalized spacial score (nSPS) is 23.5. The van der Waals surface area contributed by atoms with E-state index < -0.39 is 5.97 Å². The van der Waals surface area contributed by atoms with Crippen LogP contribution >= 0.6 is 0 Å². The van der Waals surface area contributed by atoms with Gasteiger partial charge in [-0.3, -0.25) is 0 Å². The Morgan fingerprint density at radius 1 is 1.35 bits per heavy atom.